The van der Waals surface area contributed by atoms with Crippen LogP contribution in [0.3, 0.4) is 0 Å². The molecule has 1 fully saturated rings. The van der Waals surface area contributed by atoms with Crippen molar-refractivity contribution >= 4 is 34.0 Å². The number of thiophene rings is 1. The number of esters is 1. The van der Waals surface area contributed by atoms with Crippen LogP contribution in [0.5, 0.6) is 0 Å². The maximum Gasteiger partial charge on any atom is 0.348 e. The molecule has 1 saturated heterocycles. The molecule has 6 nitrogen and oxygen atoms in total. The molecule has 0 spiro atoms. The van der Waals surface area contributed by atoms with Gasteiger partial charge in [0, 0.05) is 19.3 Å². The standard InChI is InChI=1S/C19H23N3O3S/c1-3-25-19(24)16-13(2)12-15(26-16)21-18(23)14-8-7-9-20-17(14)22-10-5-4-6-11-22/h7-9,12H,3-6,10-11H2,1-2H3,(H,21,23). The van der Waals surface area contributed by atoms with E-state index in [4.69, 9.17) is 4.74 Å². The number of pyridine rings is 1. The molecule has 7 heteroatoms. The number of nitrogens with one attached hydrogen (secondary N) is 1. The molecule has 0 aliphatic carbocycles. The molecule has 1 aliphatic heterocycles. The number of hydrogen-bond donors (Lipinski definition) is 1. The largest absolute Gasteiger partial charge is 0.462 e. The fraction of sp³-hybridized carbons (Fsp3) is 0.421. The molecular weight excluding hydrogens is 350 g/mol. The number of aromatic nitrogens is 1. The van der Waals surface area contributed by atoms with Gasteiger partial charge in [0.25, 0.3) is 5.91 Å². The van der Waals surface area contributed by atoms with E-state index < -0.39 is 0 Å². The molecule has 1 amide bonds. The number of carbonyl (C=O) groups excluding carboxylic acids is 2. The van der Waals surface area contributed by atoms with E-state index in [2.05, 4.69) is 15.2 Å². The van der Waals surface area contributed by atoms with Crippen molar-refractivity contribution in [1.82, 2.24) is 4.98 Å². The molecular formula is C19H23N3O3S. The number of aryl methyl sites for hydroxylation is 1. The van der Waals surface area contributed by atoms with Crippen LogP contribution in [0.1, 0.15) is 51.8 Å². The molecule has 26 heavy (non-hydrogen) atoms. The summed E-state index contributed by atoms with van der Waals surface area (Å²) in [6.45, 7) is 5.77. The first-order valence-corrected chi connectivity index (χ1v) is 9.70. The molecule has 3 rings (SSSR count). The zero-order chi connectivity index (χ0) is 18.5. The van der Waals surface area contributed by atoms with Crippen LogP contribution >= 0.6 is 11.3 Å². The van der Waals surface area contributed by atoms with E-state index in [0.29, 0.717) is 22.0 Å². The zero-order valence-corrected chi connectivity index (χ0v) is 15.9. The molecule has 3 heterocycles. The minimum atomic E-state index is -0.356. The Balaban J connectivity index is 1.79. The molecule has 1 N–H and O–H groups in total. The van der Waals surface area contributed by atoms with E-state index in [-0.39, 0.29) is 11.9 Å². The third-order valence-electron chi connectivity index (χ3n) is 4.30. The third kappa shape index (κ3) is 4.04. The van der Waals surface area contributed by atoms with E-state index in [1.54, 1.807) is 31.3 Å². The van der Waals surface area contributed by atoms with Crippen LogP contribution < -0.4 is 10.2 Å². The molecule has 2 aromatic rings. The van der Waals surface area contributed by atoms with Crippen LogP contribution in [-0.4, -0.2) is 36.6 Å². The molecule has 0 saturated carbocycles. The van der Waals surface area contributed by atoms with Gasteiger partial charge in [0.2, 0.25) is 0 Å². The molecule has 0 radical (unpaired) electrons. The van der Waals surface area contributed by atoms with Gasteiger partial charge >= 0.3 is 5.97 Å². The normalized spacial score (nSPS) is 14.2. The van der Waals surface area contributed by atoms with Crippen LogP contribution in [0.4, 0.5) is 10.8 Å². The zero-order valence-electron chi connectivity index (χ0n) is 15.1. The molecule has 1 aliphatic rings. The van der Waals surface area contributed by atoms with Crippen LogP contribution in [0, 0.1) is 6.92 Å². The highest BCUT2D eigenvalue weighted by Gasteiger charge is 2.21. The average molecular weight is 373 g/mol. The van der Waals surface area contributed by atoms with Crippen LogP contribution in [0.25, 0.3) is 0 Å². The first kappa shape index (κ1) is 18.4. The fourth-order valence-electron chi connectivity index (χ4n) is 3.05. The number of hydrogen-bond acceptors (Lipinski definition) is 6. The van der Waals surface area contributed by atoms with E-state index in [0.717, 1.165) is 37.3 Å². The number of amides is 1. The van der Waals surface area contributed by atoms with E-state index >= 15 is 0 Å². The SMILES string of the molecule is CCOC(=O)c1sc(NC(=O)c2cccnc2N2CCCCC2)cc1C. The van der Waals surface area contributed by atoms with Crippen molar-refractivity contribution in [3.05, 3.63) is 40.4 Å². The minimum absolute atomic E-state index is 0.213. The summed E-state index contributed by atoms with van der Waals surface area (Å²) in [6.07, 6.45) is 5.17. The average Bonchev–Trinajstić information content (AvgIpc) is 3.03. The van der Waals surface area contributed by atoms with Crippen LogP contribution in [0.15, 0.2) is 24.4 Å². The van der Waals surface area contributed by atoms with Crippen molar-refractivity contribution in [1.29, 1.82) is 0 Å². The van der Waals surface area contributed by atoms with Crippen molar-refractivity contribution in [2.24, 2.45) is 0 Å². The lowest BCUT2D eigenvalue weighted by Gasteiger charge is -2.29. The molecule has 138 valence electrons. The van der Waals surface area contributed by atoms with E-state index in [1.807, 2.05) is 6.92 Å². The Kier molecular flexibility index (Phi) is 5.88. The summed E-state index contributed by atoms with van der Waals surface area (Å²) in [5.41, 5.74) is 1.35. The highest BCUT2D eigenvalue weighted by atomic mass is 32.1. The Hall–Kier alpha value is -2.41. The van der Waals surface area contributed by atoms with Gasteiger partial charge in [-0.1, -0.05) is 0 Å². The fourth-order valence-corrected chi connectivity index (χ4v) is 4.02. The van der Waals surface area contributed by atoms with Crippen molar-refractivity contribution < 1.29 is 14.3 Å². The van der Waals surface area contributed by atoms with Gasteiger partial charge in [0.1, 0.15) is 10.7 Å². The van der Waals surface area contributed by atoms with Gasteiger partial charge in [0.05, 0.1) is 17.2 Å². The number of carbonyl (C=O) groups is 2. The summed E-state index contributed by atoms with van der Waals surface area (Å²) in [5.74, 6) is 0.157. The first-order chi connectivity index (χ1) is 12.6. The lowest BCUT2D eigenvalue weighted by molar-refractivity contribution is 0.0531. The second-order valence-electron chi connectivity index (χ2n) is 6.22. The summed E-state index contributed by atoms with van der Waals surface area (Å²) in [6, 6.07) is 5.36. The van der Waals surface area contributed by atoms with Gasteiger partial charge in [-0.2, -0.15) is 0 Å². The summed E-state index contributed by atoms with van der Waals surface area (Å²) in [7, 11) is 0. The van der Waals surface area contributed by atoms with Crippen molar-refractivity contribution in [2.45, 2.75) is 33.1 Å². The van der Waals surface area contributed by atoms with Crippen molar-refractivity contribution in [2.75, 3.05) is 29.9 Å². The van der Waals surface area contributed by atoms with Crippen LogP contribution in [-0.2, 0) is 4.74 Å². The van der Waals surface area contributed by atoms with Crippen LogP contribution in [0.2, 0.25) is 0 Å². The van der Waals surface area contributed by atoms with Gasteiger partial charge < -0.3 is 15.0 Å². The maximum atomic E-state index is 12.8. The Labute approximate surface area is 157 Å². The quantitative estimate of drug-likeness (QED) is 0.806. The second-order valence-corrected chi connectivity index (χ2v) is 7.27. The number of ether oxygens (including phenoxy) is 1. The molecule has 2 aromatic heterocycles. The molecule has 0 bridgehead atoms. The summed E-state index contributed by atoms with van der Waals surface area (Å²) >= 11 is 1.23. The first-order valence-electron chi connectivity index (χ1n) is 8.89. The van der Waals surface area contributed by atoms with Crippen molar-refractivity contribution in [3.63, 3.8) is 0 Å². The minimum Gasteiger partial charge on any atom is -0.462 e. The van der Waals surface area contributed by atoms with E-state index in [1.165, 1.54) is 17.8 Å². The monoisotopic (exact) mass is 373 g/mol. The Morgan fingerprint density at radius 1 is 1.31 bits per heavy atom. The maximum absolute atomic E-state index is 12.8. The lowest BCUT2D eigenvalue weighted by Crippen LogP contribution is -2.32. The molecule has 0 aromatic carbocycles. The Bertz CT molecular complexity index is 797. The smallest absolute Gasteiger partial charge is 0.348 e. The van der Waals surface area contributed by atoms with Gasteiger partial charge in [-0.15, -0.1) is 11.3 Å². The number of nitrogens with zero attached hydrogens (tertiary/aromatic N) is 2. The predicted molar refractivity (Wildman–Crippen MR) is 103 cm³/mol. The van der Waals surface area contributed by atoms with Gasteiger partial charge in [-0.25, -0.2) is 9.78 Å². The van der Waals surface area contributed by atoms with Gasteiger partial charge in [0.15, 0.2) is 0 Å². The number of anilines is 2. The second kappa shape index (κ2) is 8.31. The Morgan fingerprint density at radius 3 is 2.81 bits per heavy atom. The Morgan fingerprint density at radius 2 is 2.08 bits per heavy atom. The topological polar surface area (TPSA) is 71.5 Å². The summed E-state index contributed by atoms with van der Waals surface area (Å²) in [5, 5.41) is 3.53. The van der Waals surface area contributed by atoms with Gasteiger partial charge in [-0.05, 0) is 56.9 Å². The van der Waals surface area contributed by atoms with Crippen molar-refractivity contribution in [3.8, 4) is 0 Å². The van der Waals surface area contributed by atoms with Gasteiger partial charge in [-0.3, -0.25) is 4.79 Å². The predicted octanol–water partition coefficient (Wildman–Crippen LogP) is 3.87. The summed E-state index contributed by atoms with van der Waals surface area (Å²) in [4.78, 5) is 31.9. The number of rotatable bonds is 5. The molecule has 0 atom stereocenters. The third-order valence-corrected chi connectivity index (χ3v) is 5.43. The highest BCUT2D eigenvalue weighted by molar-refractivity contribution is 7.18. The lowest BCUT2D eigenvalue weighted by atomic mass is 10.1. The summed E-state index contributed by atoms with van der Waals surface area (Å²) < 4.78 is 5.05. The van der Waals surface area contributed by atoms with E-state index in [9.17, 15) is 9.59 Å². The number of piperidine rings is 1. The molecule has 0 unspecified atom stereocenters. The highest BCUT2D eigenvalue weighted by Crippen LogP contribution is 2.29.